The van der Waals surface area contributed by atoms with Crippen LogP contribution in [0.15, 0.2) is 18.3 Å². The molecule has 2 aromatic rings. The minimum Gasteiger partial charge on any atom is -0.310 e. The third-order valence-corrected chi connectivity index (χ3v) is 4.92. The summed E-state index contributed by atoms with van der Waals surface area (Å²) in [6.45, 7) is 4.93. The van der Waals surface area contributed by atoms with Crippen LogP contribution >= 0.6 is 0 Å². The van der Waals surface area contributed by atoms with Crippen molar-refractivity contribution in [2.45, 2.75) is 91.0 Å². The Morgan fingerprint density at radius 3 is 2.39 bits per heavy atom. The minimum atomic E-state index is -0.152. The van der Waals surface area contributed by atoms with Crippen LogP contribution in [0.1, 0.15) is 82.5 Å². The standard InChI is InChI=1S/C21H34N6O/c1-3-4-5-6-7-8-9-10-11-12-16-27-19(24-25-26-27)17-20(28)23-21-18(2)14-13-15-22-21/h13-15H,3-12,16-17H2,1-2H3,(H,22,23,28). The lowest BCUT2D eigenvalue weighted by molar-refractivity contribution is -0.115. The smallest absolute Gasteiger partial charge is 0.233 e. The molecule has 0 fully saturated rings. The van der Waals surface area contributed by atoms with Crippen molar-refractivity contribution in [2.75, 3.05) is 5.32 Å². The van der Waals surface area contributed by atoms with Gasteiger partial charge in [-0.15, -0.1) is 5.10 Å². The number of hydrogen-bond donors (Lipinski definition) is 1. The summed E-state index contributed by atoms with van der Waals surface area (Å²) >= 11 is 0. The van der Waals surface area contributed by atoms with Crippen molar-refractivity contribution in [1.29, 1.82) is 0 Å². The van der Waals surface area contributed by atoms with Gasteiger partial charge in [0.15, 0.2) is 5.82 Å². The van der Waals surface area contributed by atoms with Gasteiger partial charge in [-0.25, -0.2) is 9.67 Å². The Kier molecular flexibility index (Phi) is 10.2. The monoisotopic (exact) mass is 386 g/mol. The van der Waals surface area contributed by atoms with Crippen LogP contribution in [-0.2, 0) is 17.8 Å². The number of amides is 1. The summed E-state index contributed by atoms with van der Waals surface area (Å²) in [4.78, 5) is 16.5. The lowest BCUT2D eigenvalue weighted by atomic mass is 10.1. The van der Waals surface area contributed by atoms with E-state index in [0.29, 0.717) is 11.6 Å². The Balaban J connectivity index is 1.62. The zero-order valence-electron chi connectivity index (χ0n) is 17.4. The second-order valence-electron chi connectivity index (χ2n) is 7.39. The highest BCUT2D eigenvalue weighted by Crippen LogP contribution is 2.12. The summed E-state index contributed by atoms with van der Waals surface area (Å²) in [5.74, 6) is 1.03. The molecule has 0 aliphatic heterocycles. The fourth-order valence-electron chi connectivity index (χ4n) is 3.21. The van der Waals surface area contributed by atoms with Crippen molar-refractivity contribution in [3.8, 4) is 0 Å². The first-order valence-electron chi connectivity index (χ1n) is 10.7. The predicted molar refractivity (Wildman–Crippen MR) is 111 cm³/mol. The molecular formula is C21H34N6O. The van der Waals surface area contributed by atoms with Gasteiger partial charge < -0.3 is 5.32 Å². The first-order valence-corrected chi connectivity index (χ1v) is 10.7. The number of hydrogen-bond acceptors (Lipinski definition) is 5. The highest BCUT2D eigenvalue weighted by atomic mass is 16.1. The highest BCUT2D eigenvalue weighted by molar-refractivity contribution is 5.91. The number of aryl methyl sites for hydroxylation is 2. The summed E-state index contributed by atoms with van der Waals surface area (Å²) < 4.78 is 1.75. The molecule has 0 radical (unpaired) electrons. The van der Waals surface area contributed by atoms with Crippen LogP contribution in [0, 0.1) is 6.92 Å². The van der Waals surface area contributed by atoms with E-state index in [4.69, 9.17) is 0 Å². The summed E-state index contributed by atoms with van der Waals surface area (Å²) in [5.41, 5.74) is 0.931. The molecule has 0 aliphatic carbocycles. The number of carbonyl (C=O) groups is 1. The second kappa shape index (κ2) is 13.0. The van der Waals surface area contributed by atoms with Crippen molar-refractivity contribution in [2.24, 2.45) is 0 Å². The van der Waals surface area contributed by atoms with E-state index < -0.39 is 0 Å². The lowest BCUT2D eigenvalue weighted by Gasteiger charge is -2.07. The average molecular weight is 387 g/mol. The van der Waals surface area contributed by atoms with Gasteiger partial charge in [0.25, 0.3) is 0 Å². The Labute approximate surface area is 168 Å². The van der Waals surface area contributed by atoms with Crippen molar-refractivity contribution >= 4 is 11.7 Å². The van der Waals surface area contributed by atoms with E-state index in [9.17, 15) is 4.79 Å². The third-order valence-electron chi connectivity index (χ3n) is 4.92. The zero-order chi connectivity index (χ0) is 20.0. The molecule has 0 spiro atoms. The number of nitrogens with one attached hydrogen (secondary N) is 1. The highest BCUT2D eigenvalue weighted by Gasteiger charge is 2.12. The molecule has 0 saturated heterocycles. The Morgan fingerprint density at radius 2 is 1.71 bits per heavy atom. The number of nitrogens with zero attached hydrogens (tertiary/aromatic N) is 5. The first kappa shape index (κ1) is 22.0. The summed E-state index contributed by atoms with van der Waals surface area (Å²) in [6, 6.07) is 3.76. The Morgan fingerprint density at radius 1 is 1.04 bits per heavy atom. The number of tetrazole rings is 1. The molecule has 0 aromatic carbocycles. The van der Waals surface area contributed by atoms with Crippen LogP contribution in [0.3, 0.4) is 0 Å². The molecule has 7 heteroatoms. The molecule has 0 saturated carbocycles. The Bertz CT molecular complexity index is 700. The van der Waals surface area contributed by atoms with Crippen LogP contribution in [0.2, 0.25) is 0 Å². The molecule has 154 valence electrons. The molecule has 0 unspecified atom stereocenters. The second-order valence-corrected chi connectivity index (χ2v) is 7.39. The van der Waals surface area contributed by atoms with Crippen LogP contribution in [0.5, 0.6) is 0 Å². The number of pyridine rings is 1. The maximum absolute atomic E-state index is 12.3. The van der Waals surface area contributed by atoms with Gasteiger partial charge in [-0.1, -0.05) is 70.8 Å². The van der Waals surface area contributed by atoms with Gasteiger partial charge in [0, 0.05) is 12.7 Å². The quantitative estimate of drug-likeness (QED) is 0.484. The maximum atomic E-state index is 12.3. The molecule has 2 rings (SSSR count). The van der Waals surface area contributed by atoms with Crippen LogP contribution in [0.25, 0.3) is 0 Å². The van der Waals surface area contributed by atoms with Crippen LogP contribution in [0.4, 0.5) is 5.82 Å². The molecule has 1 N–H and O–H groups in total. The molecule has 2 heterocycles. The number of rotatable bonds is 14. The number of unbranched alkanes of at least 4 members (excludes halogenated alkanes) is 9. The van der Waals surface area contributed by atoms with E-state index in [1.165, 1.54) is 57.8 Å². The fourth-order valence-corrected chi connectivity index (χ4v) is 3.21. The van der Waals surface area contributed by atoms with Crippen LogP contribution in [-0.4, -0.2) is 31.1 Å². The molecule has 0 bridgehead atoms. The SMILES string of the molecule is CCCCCCCCCCCCn1nnnc1CC(=O)Nc1ncccc1C. The zero-order valence-corrected chi connectivity index (χ0v) is 17.4. The summed E-state index contributed by atoms with van der Waals surface area (Å²) in [6.07, 6.45) is 14.7. The molecule has 0 aliphatic rings. The minimum absolute atomic E-state index is 0.152. The van der Waals surface area contributed by atoms with Gasteiger partial charge in [-0.2, -0.15) is 0 Å². The number of carbonyl (C=O) groups excluding carboxylic acids is 1. The number of anilines is 1. The lowest BCUT2D eigenvalue weighted by Crippen LogP contribution is -2.19. The topological polar surface area (TPSA) is 85.6 Å². The Hall–Kier alpha value is -2.31. The van der Waals surface area contributed by atoms with E-state index in [1.807, 2.05) is 19.1 Å². The van der Waals surface area contributed by atoms with E-state index in [2.05, 4.69) is 32.7 Å². The summed E-state index contributed by atoms with van der Waals surface area (Å²) in [5, 5.41) is 14.6. The molecule has 2 aromatic heterocycles. The number of aromatic nitrogens is 5. The van der Waals surface area contributed by atoms with E-state index in [-0.39, 0.29) is 12.3 Å². The normalized spacial score (nSPS) is 10.9. The predicted octanol–water partition coefficient (Wildman–Crippen LogP) is 4.48. The molecular weight excluding hydrogens is 352 g/mol. The summed E-state index contributed by atoms with van der Waals surface area (Å²) in [7, 11) is 0. The molecule has 7 nitrogen and oxygen atoms in total. The van der Waals surface area contributed by atoms with Gasteiger partial charge >= 0.3 is 0 Å². The van der Waals surface area contributed by atoms with Crippen LogP contribution < -0.4 is 5.32 Å². The van der Waals surface area contributed by atoms with E-state index in [1.54, 1.807) is 10.9 Å². The molecule has 0 atom stereocenters. The van der Waals surface area contributed by atoms with Crippen molar-refractivity contribution in [1.82, 2.24) is 25.2 Å². The largest absolute Gasteiger partial charge is 0.310 e. The van der Waals surface area contributed by atoms with Crippen molar-refractivity contribution in [3.05, 3.63) is 29.7 Å². The van der Waals surface area contributed by atoms with Crippen molar-refractivity contribution in [3.63, 3.8) is 0 Å². The van der Waals surface area contributed by atoms with Gasteiger partial charge in [0.1, 0.15) is 5.82 Å². The maximum Gasteiger partial charge on any atom is 0.233 e. The average Bonchev–Trinajstić information content (AvgIpc) is 3.12. The van der Waals surface area contributed by atoms with E-state index in [0.717, 1.165) is 18.5 Å². The molecule has 1 amide bonds. The van der Waals surface area contributed by atoms with Gasteiger partial charge in [-0.05, 0) is 35.4 Å². The van der Waals surface area contributed by atoms with Gasteiger partial charge in [0.05, 0.1) is 6.42 Å². The first-order chi connectivity index (χ1) is 13.7. The fraction of sp³-hybridized carbons (Fsp3) is 0.667. The van der Waals surface area contributed by atoms with Gasteiger partial charge in [0.2, 0.25) is 5.91 Å². The third kappa shape index (κ3) is 8.15. The van der Waals surface area contributed by atoms with Crippen molar-refractivity contribution < 1.29 is 4.79 Å². The van der Waals surface area contributed by atoms with E-state index >= 15 is 0 Å². The molecule has 28 heavy (non-hydrogen) atoms. The van der Waals surface area contributed by atoms with Gasteiger partial charge in [-0.3, -0.25) is 4.79 Å².